The molecule has 0 saturated carbocycles. The highest BCUT2D eigenvalue weighted by atomic mass is 32.2. The zero-order chi connectivity index (χ0) is 15.2. The van der Waals surface area contributed by atoms with Gasteiger partial charge in [-0.15, -0.1) is 0 Å². The van der Waals surface area contributed by atoms with Gasteiger partial charge >= 0.3 is 5.97 Å². The Bertz CT molecular complexity index is 350. The summed E-state index contributed by atoms with van der Waals surface area (Å²) in [4.78, 5) is 18.1. The summed E-state index contributed by atoms with van der Waals surface area (Å²) in [6.07, 6.45) is 3.78. The summed E-state index contributed by atoms with van der Waals surface area (Å²) in [6.45, 7) is 6.99. The number of carbonyl (C=O) groups is 1. The van der Waals surface area contributed by atoms with Crippen molar-refractivity contribution in [2.75, 3.05) is 40.0 Å². The predicted molar refractivity (Wildman–Crippen MR) is 85.3 cm³/mol. The van der Waals surface area contributed by atoms with Crippen molar-refractivity contribution in [3.8, 4) is 0 Å². The molecular weight excluding hydrogens is 274 g/mol. The molecule has 1 N–H and O–H groups in total. The number of aliphatic imine (C=N–C) groups is 1. The molecule has 1 rings (SSSR count). The lowest BCUT2D eigenvalue weighted by atomic mass is 9.97. The molecule has 20 heavy (non-hydrogen) atoms. The van der Waals surface area contributed by atoms with E-state index < -0.39 is 0 Å². The quantitative estimate of drug-likeness (QED) is 0.485. The van der Waals surface area contributed by atoms with Gasteiger partial charge in [-0.1, -0.05) is 0 Å². The van der Waals surface area contributed by atoms with Gasteiger partial charge in [0, 0.05) is 31.4 Å². The Balaban J connectivity index is 2.47. The van der Waals surface area contributed by atoms with Gasteiger partial charge in [0.1, 0.15) is 0 Å². The van der Waals surface area contributed by atoms with Crippen molar-refractivity contribution in [3.63, 3.8) is 0 Å². The highest BCUT2D eigenvalue weighted by Gasteiger charge is 2.27. The molecule has 0 amide bonds. The fourth-order valence-electron chi connectivity index (χ4n) is 2.19. The molecular formula is C14H27N3O2S. The second-order valence-corrected chi connectivity index (χ2v) is 7.16. The molecule has 0 atom stereocenters. The van der Waals surface area contributed by atoms with E-state index in [1.165, 1.54) is 7.11 Å². The summed E-state index contributed by atoms with van der Waals surface area (Å²) in [5, 5.41) is 3.43. The standard InChI is InChI=1S/C14H27N3O2S/c1-14(2,20-5)10-16-13(15-3)17-8-6-11(7-9-17)12(18)19-4/h11H,6-10H2,1-5H3,(H,15,16). The number of carbonyl (C=O) groups excluding carboxylic acids is 1. The van der Waals surface area contributed by atoms with Crippen LogP contribution in [0.3, 0.4) is 0 Å². The van der Waals surface area contributed by atoms with Gasteiger partial charge in [0.05, 0.1) is 13.0 Å². The molecule has 1 fully saturated rings. The van der Waals surface area contributed by atoms with Crippen LogP contribution in [0.4, 0.5) is 0 Å². The molecule has 0 bridgehead atoms. The molecule has 0 aromatic heterocycles. The third-order valence-electron chi connectivity index (χ3n) is 3.77. The van der Waals surface area contributed by atoms with Crippen LogP contribution in [0.1, 0.15) is 26.7 Å². The first-order chi connectivity index (χ1) is 9.43. The normalized spacial score (nSPS) is 18.1. The Morgan fingerprint density at radius 1 is 1.45 bits per heavy atom. The molecule has 0 radical (unpaired) electrons. The molecule has 1 aliphatic heterocycles. The molecule has 0 aromatic rings. The van der Waals surface area contributed by atoms with E-state index in [1.54, 1.807) is 7.05 Å². The minimum Gasteiger partial charge on any atom is -0.469 e. The van der Waals surface area contributed by atoms with Crippen LogP contribution in [0.15, 0.2) is 4.99 Å². The molecule has 116 valence electrons. The molecule has 6 heteroatoms. The Morgan fingerprint density at radius 2 is 2.05 bits per heavy atom. The van der Waals surface area contributed by atoms with Crippen LogP contribution >= 0.6 is 11.8 Å². The minimum atomic E-state index is -0.0869. The summed E-state index contributed by atoms with van der Waals surface area (Å²) in [7, 11) is 3.26. The smallest absolute Gasteiger partial charge is 0.308 e. The topological polar surface area (TPSA) is 53.9 Å². The summed E-state index contributed by atoms with van der Waals surface area (Å²) in [5.41, 5.74) is 0. The number of hydrogen-bond donors (Lipinski definition) is 1. The number of likely N-dealkylation sites (tertiary alicyclic amines) is 1. The van der Waals surface area contributed by atoms with Crippen LogP contribution in [-0.4, -0.2) is 61.6 Å². The zero-order valence-electron chi connectivity index (χ0n) is 13.2. The van der Waals surface area contributed by atoms with Crippen molar-refractivity contribution in [1.29, 1.82) is 0 Å². The molecule has 1 aliphatic rings. The summed E-state index contributed by atoms with van der Waals surface area (Å²) >= 11 is 1.84. The van der Waals surface area contributed by atoms with Gasteiger partial charge in [-0.3, -0.25) is 9.79 Å². The first-order valence-electron chi connectivity index (χ1n) is 7.02. The monoisotopic (exact) mass is 301 g/mol. The fraction of sp³-hybridized carbons (Fsp3) is 0.857. The van der Waals surface area contributed by atoms with Gasteiger partial charge in [0.2, 0.25) is 0 Å². The van der Waals surface area contributed by atoms with Crippen molar-refractivity contribution >= 4 is 23.7 Å². The van der Waals surface area contributed by atoms with Crippen LogP contribution in [0.25, 0.3) is 0 Å². The molecule has 1 saturated heterocycles. The van der Waals surface area contributed by atoms with Gasteiger partial charge in [0.25, 0.3) is 0 Å². The van der Waals surface area contributed by atoms with E-state index in [9.17, 15) is 4.79 Å². The number of esters is 1. The molecule has 0 aliphatic carbocycles. The second kappa shape index (κ2) is 7.76. The van der Waals surface area contributed by atoms with E-state index in [0.717, 1.165) is 38.4 Å². The lowest BCUT2D eigenvalue weighted by molar-refractivity contribution is -0.146. The van der Waals surface area contributed by atoms with Crippen molar-refractivity contribution in [3.05, 3.63) is 0 Å². The van der Waals surface area contributed by atoms with Gasteiger partial charge in [-0.05, 0) is 32.9 Å². The van der Waals surface area contributed by atoms with E-state index in [-0.39, 0.29) is 16.6 Å². The van der Waals surface area contributed by atoms with Crippen molar-refractivity contribution in [1.82, 2.24) is 10.2 Å². The number of piperidine rings is 1. The predicted octanol–water partition coefficient (Wildman–Crippen LogP) is 1.59. The van der Waals surface area contributed by atoms with Crippen LogP contribution in [0.2, 0.25) is 0 Å². The fourth-order valence-corrected chi connectivity index (χ4v) is 2.41. The van der Waals surface area contributed by atoms with Crippen LogP contribution in [0.5, 0.6) is 0 Å². The largest absolute Gasteiger partial charge is 0.469 e. The Labute approximate surface area is 126 Å². The summed E-state index contributed by atoms with van der Waals surface area (Å²) in [6, 6.07) is 0. The van der Waals surface area contributed by atoms with E-state index in [2.05, 4.69) is 35.3 Å². The Hall–Kier alpha value is -0.910. The number of thioether (sulfide) groups is 1. The van der Waals surface area contributed by atoms with Crippen LogP contribution in [-0.2, 0) is 9.53 Å². The Morgan fingerprint density at radius 3 is 2.50 bits per heavy atom. The maximum Gasteiger partial charge on any atom is 0.308 e. The first-order valence-corrected chi connectivity index (χ1v) is 8.24. The maximum atomic E-state index is 11.5. The Kier molecular flexibility index (Phi) is 6.65. The third kappa shape index (κ3) is 4.89. The summed E-state index contributed by atoms with van der Waals surface area (Å²) < 4.78 is 4.99. The van der Waals surface area contributed by atoms with E-state index in [1.807, 2.05) is 11.8 Å². The molecule has 1 heterocycles. The molecule has 0 aromatic carbocycles. The SMILES string of the molecule is CN=C(NCC(C)(C)SC)N1CCC(C(=O)OC)CC1. The number of hydrogen-bond acceptors (Lipinski definition) is 4. The lowest BCUT2D eigenvalue weighted by Crippen LogP contribution is -2.49. The average molecular weight is 301 g/mol. The van der Waals surface area contributed by atoms with Gasteiger partial charge < -0.3 is 15.0 Å². The van der Waals surface area contributed by atoms with E-state index >= 15 is 0 Å². The van der Waals surface area contributed by atoms with E-state index in [4.69, 9.17) is 4.74 Å². The second-order valence-electron chi connectivity index (χ2n) is 5.65. The minimum absolute atomic E-state index is 0.0389. The number of ether oxygens (including phenoxy) is 1. The van der Waals surface area contributed by atoms with Gasteiger partial charge in [0.15, 0.2) is 5.96 Å². The van der Waals surface area contributed by atoms with Crippen molar-refractivity contribution in [2.45, 2.75) is 31.4 Å². The lowest BCUT2D eigenvalue weighted by Gasteiger charge is -2.34. The zero-order valence-corrected chi connectivity index (χ0v) is 14.0. The average Bonchev–Trinajstić information content (AvgIpc) is 2.47. The van der Waals surface area contributed by atoms with Gasteiger partial charge in [-0.25, -0.2) is 0 Å². The molecule has 5 nitrogen and oxygen atoms in total. The van der Waals surface area contributed by atoms with Gasteiger partial charge in [-0.2, -0.15) is 11.8 Å². The van der Waals surface area contributed by atoms with Crippen molar-refractivity contribution in [2.24, 2.45) is 10.9 Å². The number of methoxy groups -OCH3 is 1. The maximum absolute atomic E-state index is 11.5. The van der Waals surface area contributed by atoms with Crippen molar-refractivity contribution < 1.29 is 9.53 Å². The third-order valence-corrected chi connectivity index (χ3v) is 5.02. The van der Waals surface area contributed by atoms with E-state index in [0.29, 0.717) is 0 Å². The number of guanidine groups is 1. The number of rotatable bonds is 4. The number of nitrogens with zero attached hydrogens (tertiary/aromatic N) is 2. The first kappa shape index (κ1) is 17.1. The summed E-state index contributed by atoms with van der Waals surface area (Å²) in [5.74, 6) is 0.878. The molecule has 0 unspecified atom stereocenters. The van der Waals surface area contributed by atoms with Crippen LogP contribution in [0, 0.1) is 5.92 Å². The number of nitrogens with one attached hydrogen (secondary N) is 1. The highest BCUT2D eigenvalue weighted by molar-refractivity contribution is 7.99. The molecule has 0 spiro atoms. The highest BCUT2D eigenvalue weighted by Crippen LogP contribution is 2.21. The van der Waals surface area contributed by atoms with Crippen LogP contribution < -0.4 is 5.32 Å².